The molecule has 0 spiro atoms. The summed E-state index contributed by atoms with van der Waals surface area (Å²) in [5.74, 6) is -12.4. The van der Waals surface area contributed by atoms with Gasteiger partial charge in [0.05, 0.1) is 16.2 Å². The normalized spacial score (nSPS) is 19.1. The second-order valence-corrected chi connectivity index (χ2v) is 12.6. The summed E-state index contributed by atoms with van der Waals surface area (Å²) in [5, 5.41) is -1.63. The highest BCUT2D eigenvalue weighted by Gasteiger charge is 2.50. The van der Waals surface area contributed by atoms with Gasteiger partial charge in [-0.2, -0.15) is 4.31 Å². The Balaban J connectivity index is 1.91. The quantitative estimate of drug-likeness (QED) is 0.182. The van der Waals surface area contributed by atoms with Crippen LogP contribution in [0.3, 0.4) is 0 Å². The van der Waals surface area contributed by atoms with Gasteiger partial charge in [0.25, 0.3) is 0 Å². The summed E-state index contributed by atoms with van der Waals surface area (Å²) < 4.78 is 125. The third kappa shape index (κ3) is 4.29. The van der Waals surface area contributed by atoms with Crippen LogP contribution in [0.25, 0.3) is 0 Å². The Morgan fingerprint density at radius 2 is 1.28 bits per heavy atom. The lowest BCUT2D eigenvalue weighted by Gasteiger charge is -2.28. The lowest BCUT2D eigenvalue weighted by Crippen LogP contribution is -2.36. The third-order valence-corrected chi connectivity index (χ3v) is 10.4. The fraction of sp³-hybridized carbons (Fsp3) is 0.217. The molecule has 0 aromatic heterocycles. The third-order valence-electron chi connectivity index (χ3n) is 5.99. The molecule has 3 aromatic carbocycles. The van der Waals surface area contributed by atoms with E-state index in [-0.39, 0.29) is 15.5 Å². The van der Waals surface area contributed by atoms with E-state index in [0.29, 0.717) is 0 Å². The molecule has 0 amide bonds. The van der Waals surface area contributed by atoms with Crippen molar-refractivity contribution in [2.45, 2.75) is 34.4 Å². The van der Waals surface area contributed by atoms with E-state index in [0.717, 1.165) is 9.87 Å². The summed E-state index contributed by atoms with van der Waals surface area (Å²) in [7, 11) is -9.63. The number of aryl methyl sites for hydroxylation is 1. The van der Waals surface area contributed by atoms with Gasteiger partial charge in [-0.3, -0.25) is 0 Å². The van der Waals surface area contributed by atoms with Crippen LogP contribution in [0.15, 0.2) is 58.3 Å². The van der Waals surface area contributed by atoms with Crippen LogP contribution in [0.4, 0.5) is 22.0 Å². The number of nitrogens with zero attached hydrogens (tertiary/aromatic N) is 1. The van der Waals surface area contributed by atoms with Gasteiger partial charge in [0.15, 0.2) is 33.1 Å². The molecule has 2 atom stereocenters. The lowest BCUT2D eigenvalue weighted by molar-refractivity contribution is 0.356. The first-order valence-corrected chi connectivity index (χ1v) is 13.7. The van der Waals surface area contributed by atoms with Crippen molar-refractivity contribution < 1.29 is 38.8 Å². The largest absolute Gasteiger partial charge is 0.243 e. The second-order valence-electron chi connectivity index (χ2n) is 8.20. The topological polar surface area (TPSA) is 71.5 Å². The number of sulfonamides is 1. The van der Waals surface area contributed by atoms with Gasteiger partial charge in [-0.05, 0) is 43.2 Å². The Hall–Kier alpha value is -2.54. The number of rotatable bonds is 5. The summed E-state index contributed by atoms with van der Waals surface area (Å²) in [4.78, 5) is -2.17. The van der Waals surface area contributed by atoms with Crippen LogP contribution < -0.4 is 0 Å². The Bertz CT molecular complexity index is 1520. The number of halogens is 6. The van der Waals surface area contributed by atoms with Crippen LogP contribution in [0.5, 0.6) is 0 Å². The summed E-state index contributed by atoms with van der Waals surface area (Å²) in [6.07, 6.45) is -0.472. The van der Waals surface area contributed by atoms with E-state index in [1.165, 1.54) is 48.5 Å². The van der Waals surface area contributed by atoms with Gasteiger partial charge in [-0.15, -0.1) is 0 Å². The minimum atomic E-state index is -5.29. The predicted octanol–water partition coefficient (Wildman–Crippen LogP) is 5.32. The van der Waals surface area contributed by atoms with E-state index in [1.807, 2.05) is 0 Å². The SMILES string of the molecule is Cc1ccc(S(=O)(=O)N2CC[C@H](S(=O)(=O)c3c(F)c(F)c(F)c(F)c3F)[C@H]2c2ccc(Cl)cc2)cc1. The molecule has 0 aliphatic carbocycles. The Kier molecular flexibility index (Phi) is 6.93. The first-order valence-electron chi connectivity index (χ1n) is 10.4. The van der Waals surface area contributed by atoms with Gasteiger partial charge in [0.2, 0.25) is 15.8 Å². The fourth-order valence-electron chi connectivity index (χ4n) is 4.20. The van der Waals surface area contributed by atoms with Crippen molar-refractivity contribution in [1.82, 2.24) is 4.31 Å². The maximum absolute atomic E-state index is 14.5. The van der Waals surface area contributed by atoms with Crippen LogP contribution in [-0.2, 0) is 19.9 Å². The second kappa shape index (κ2) is 9.40. The molecule has 1 saturated heterocycles. The van der Waals surface area contributed by atoms with E-state index in [4.69, 9.17) is 11.6 Å². The molecule has 0 saturated carbocycles. The van der Waals surface area contributed by atoms with Crippen LogP contribution >= 0.6 is 11.6 Å². The van der Waals surface area contributed by atoms with E-state index >= 15 is 0 Å². The molecule has 1 aliphatic rings. The standard InChI is InChI=1S/C23H17ClF5NO4S2/c1-12-2-8-15(9-3-12)36(33,34)30-11-10-16(22(30)13-4-6-14(24)7-5-13)35(31,32)23-20(28)18(26)17(25)19(27)21(23)29/h2-9,16,22H,10-11H2,1H3/t16-,22+/m0/s1. The van der Waals surface area contributed by atoms with Crippen molar-refractivity contribution in [3.05, 3.63) is 93.8 Å². The Morgan fingerprint density at radius 3 is 1.81 bits per heavy atom. The molecule has 1 fully saturated rings. The van der Waals surface area contributed by atoms with E-state index in [9.17, 15) is 38.8 Å². The highest BCUT2D eigenvalue weighted by molar-refractivity contribution is 7.92. The van der Waals surface area contributed by atoms with E-state index in [2.05, 4.69) is 0 Å². The molecule has 0 bridgehead atoms. The number of benzene rings is 3. The van der Waals surface area contributed by atoms with Gasteiger partial charge in [0.1, 0.15) is 4.90 Å². The molecule has 1 heterocycles. The van der Waals surface area contributed by atoms with Crippen LogP contribution in [0, 0.1) is 36.0 Å². The fourth-order valence-corrected chi connectivity index (χ4v) is 8.11. The summed E-state index contributed by atoms with van der Waals surface area (Å²) in [6, 6.07) is 9.52. The van der Waals surface area contributed by atoms with Gasteiger partial charge in [-0.25, -0.2) is 38.8 Å². The average Bonchev–Trinajstić information content (AvgIpc) is 3.29. The molecule has 0 radical (unpaired) electrons. The zero-order valence-electron chi connectivity index (χ0n) is 18.4. The Labute approximate surface area is 209 Å². The molecule has 0 N–H and O–H groups in total. The van der Waals surface area contributed by atoms with Crippen LogP contribution in [-0.4, -0.2) is 32.9 Å². The minimum absolute atomic E-state index is 0.102. The highest BCUT2D eigenvalue weighted by atomic mass is 35.5. The maximum atomic E-state index is 14.5. The molecule has 192 valence electrons. The average molecular weight is 566 g/mol. The number of hydrogen-bond donors (Lipinski definition) is 0. The van der Waals surface area contributed by atoms with E-state index in [1.54, 1.807) is 6.92 Å². The predicted molar refractivity (Wildman–Crippen MR) is 121 cm³/mol. The summed E-state index contributed by atoms with van der Waals surface area (Å²) in [6.45, 7) is 1.33. The zero-order valence-corrected chi connectivity index (χ0v) is 20.7. The zero-order chi connectivity index (χ0) is 26.6. The number of hydrogen-bond acceptors (Lipinski definition) is 4. The first kappa shape index (κ1) is 26.5. The van der Waals surface area contributed by atoms with Crippen molar-refractivity contribution in [2.75, 3.05) is 6.54 Å². The van der Waals surface area contributed by atoms with Crippen molar-refractivity contribution in [1.29, 1.82) is 0 Å². The van der Waals surface area contributed by atoms with Crippen molar-refractivity contribution in [2.24, 2.45) is 0 Å². The minimum Gasteiger partial charge on any atom is -0.223 e. The smallest absolute Gasteiger partial charge is 0.223 e. The highest BCUT2D eigenvalue weighted by Crippen LogP contribution is 2.44. The van der Waals surface area contributed by atoms with Crippen LogP contribution in [0.2, 0.25) is 5.02 Å². The molecule has 1 aliphatic heterocycles. The number of sulfone groups is 1. The van der Waals surface area contributed by atoms with Gasteiger partial charge >= 0.3 is 0 Å². The van der Waals surface area contributed by atoms with E-state index < -0.39 is 78.1 Å². The Morgan fingerprint density at radius 1 is 0.778 bits per heavy atom. The molecular weight excluding hydrogens is 549 g/mol. The maximum Gasteiger partial charge on any atom is 0.243 e. The van der Waals surface area contributed by atoms with Crippen molar-refractivity contribution in [3.8, 4) is 0 Å². The lowest BCUT2D eigenvalue weighted by atomic mass is 10.1. The van der Waals surface area contributed by atoms with Gasteiger partial charge < -0.3 is 0 Å². The van der Waals surface area contributed by atoms with Crippen molar-refractivity contribution in [3.63, 3.8) is 0 Å². The molecule has 13 heteroatoms. The summed E-state index contributed by atoms with van der Waals surface area (Å²) >= 11 is 5.90. The van der Waals surface area contributed by atoms with Gasteiger partial charge in [-0.1, -0.05) is 41.4 Å². The molecule has 5 nitrogen and oxygen atoms in total. The van der Waals surface area contributed by atoms with Gasteiger partial charge in [0, 0.05) is 11.6 Å². The molecule has 0 unspecified atom stereocenters. The molecule has 4 rings (SSSR count). The molecular formula is C23H17ClF5NO4S2. The van der Waals surface area contributed by atoms with Crippen LogP contribution in [0.1, 0.15) is 23.6 Å². The molecule has 3 aromatic rings. The molecule has 36 heavy (non-hydrogen) atoms. The van der Waals surface area contributed by atoms with Crippen molar-refractivity contribution >= 4 is 31.5 Å². The summed E-state index contributed by atoms with van der Waals surface area (Å²) in [5.41, 5.74) is 0.862. The first-order chi connectivity index (χ1) is 16.8. The monoisotopic (exact) mass is 565 g/mol.